The number of likely N-dealkylation sites (tertiary alicyclic amines) is 1. The molecule has 3 nitrogen and oxygen atoms in total. The standard InChI is InChI=1S/C15H26N2O/c1-3-13-5-4-8-17(9-6-13)12-15-14(11-16-2)7-10-18-15/h7,10,13,16H,3-6,8-9,11-12H2,1-2H3. The van der Waals surface area contributed by atoms with Crippen molar-refractivity contribution < 1.29 is 4.42 Å². The van der Waals surface area contributed by atoms with Crippen LogP contribution in [0.4, 0.5) is 0 Å². The van der Waals surface area contributed by atoms with Crippen LogP contribution in [0.25, 0.3) is 0 Å². The molecular weight excluding hydrogens is 224 g/mol. The molecule has 18 heavy (non-hydrogen) atoms. The van der Waals surface area contributed by atoms with Gasteiger partial charge < -0.3 is 9.73 Å². The smallest absolute Gasteiger partial charge is 0.122 e. The Morgan fingerprint density at radius 3 is 3.06 bits per heavy atom. The molecule has 0 radical (unpaired) electrons. The minimum absolute atomic E-state index is 0.900. The van der Waals surface area contributed by atoms with Gasteiger partial charge in [-0.1, -0.05) is 13.3 Å². The van der Waals surface area contributed by atoms with Gasteiger partial charge in [0.25, 0.3) is 0 Å². The van der Waals surface area contributed by atoms with Crippen LogP contribution < -0.4 is 5.32 Å². The van der Waals surface area contributed by atoms with Gasteiger partial charge in [-0.2, -0.15) is 0 Å². The molecule has 0 amide bonds. The second-order valence-corrected chi connectivity index (χ2v) is 5.38. The van der Waals surface area contributed by atoms with Crippen molar-refractivity contribution in [1.29, 1.82) is 0 Å². The van der Waals surface area contributed by atoms with Crippen LogP contribution in [0.3, 0.4) is 0 Å². The highest BCUT2D eigenvalue weighted by Crippen LogP contribution is 2.22. The Hall–Kier alpha value is -0.800. The first kappa shape index (κ1) is 13.6. The molecule has 0 spiro atoms. The molecule has 3 heteroatoms. The van der Waals surface area contributed by atoms with Crippen LogP contribution in [0.2, 0.25) is 0 Å². The Morgan fingerprint density at radius 2 is 2.28 bits per heavy atom. The molecule has 1 atom stereocenters. The maximum absolute atomic E-state index is 5.63. The summed E-state index contributed by atoms with van der Waals surface area (Å²) in [6.07, 6.45) is 7.22. The highest BCUT2D eigenvalue weighted by molar-refractivity contribution is 5.16. The van der Waals surface area contributed by atoms with Gasteiger partial charge in [-0.25, -0.2) is 0 Å². The molecule has 102 valence electrons. The van der Waals surface area contributed by atoms with Crippen LogP contribution >= 0.6 is 0 Å². The van der Waals surface area contributed by atoms with Crippen LogP contribution in [-0.4, -0.2) is 25.0 Å². The average Bonchev–Trinajstić information content (AvgIpc) is 2.68. The number of nitrogens with one attached hydrogen (secondary N) is 1. The second kappa shape index (κ2) is 6.95. The molecule has 2 heterocycles. The SMILES string of the molecule is CCC1CCCN(Cc2occc2CNC)CC1. The van der Waals surface area contributed by atoms with Gasteiger partial charge in [-0.05, 0) is 51.4 Å². The molecule has 1 aliphatic heterocycles. The summed E-state index contributed by atoms with van der Waals surface area (Å²) in [6.45, 7) is 6.63. The van der Waals surface area contributed by atoms with Gasteiger partial charge >= 0.3 is 0 Å². The van der Waals surface area contributed by atoms with Gasteiger partial charge in [0.2, 0.25) is 0 Å². The van der Waals surface area contributed by atoms with E-state index in [0.29, 0.717) is 0 Å². The van der Waals surface area contributed by atoms with Crippen molar-refractivity contribution in [2.45, 2.75) is 45.7 Å². The zero-order chi connectivity index (χ0) is 12.8. The van der Waals surface area contributed by atoms with E-state index >= 15 is 0 Å². The molecule has 1 aromatic rings. The van der Waals surface area contributed by atoms with Gasteiger partial charge in [0.15, 0.2) is 0 Å². The van der Waals surface area contributed by atoms with E-state index in [1.807, 2.05) is 13.3 Å². The lowest BCUT2D eigenvalue weighted by Gasteiger charge is -2.19. The lowest BCUT2D eigenvalue weighted by Crippen LogP contribution is -2.25. The largest absolute Gasteiger partial charge is 0.468 e. The Labute approximate surface area is 111 Å². The van der Waals surface area contributed by atoms with E-state index in [9.17, 15) is 0 Å². The monoisotopic (exact) mass is 250 g/mol. The van der Waals surface area contributed by atoms with Crippen LogP contribution in [0.1, 0.15) is 43.9 Å². The lowest BCUT2D eigenvalue weighted by atomic mass is 9.98. The molecule has 1 saturated heterocycles. The van der Waals surface area contributed by atoms with Crippen molar-refractivity contribution in [2.24, 2.45) is 5.92 Å². The van der Waals surface area contributed by atoms with Gasteiger partial charge in [-0.3, -0.25) is 4.90 Å². The maximum atomic E-state index is 5.63. The Bertz CT molecular complexity index is 348. The molecule has 1 N–H and O–H groups in total. The van der Waals surface area contributed by atoms with Crippen molar-refractivity contribution in [3.8, 4) is 0 Å². The summed E-state index contributed by atoms with van der Waals surface area (Å²) in [6, 6.07) is 2.08. The summed E-state index contributed by atoms with van der Waals surface area (Å²) < 4.78 is 5.63. The predicted molar refractivity (Wildman–Crippen MR) is 74.4 cm³/mol. The van der Waals surface area contributed by atoms with E-state index in [0.717, 1.165) is 24.8 Å². The van der Waals surface area contributed by atoms with E-state index in [1.54, 1.807) is 0 Å². The highest BCUT2D eigenvalue weighted by Gasteiger charge is 2.17. The van der Waals surface area contributed by atoms with Gasteiger partial charge in [0.05, 0.1) is 12.8 Å². The summed E-state index contributed by atoms with van der Waals surface area (Å²) in [7, 11) is 1.98. The van der Waals surface area contributed by atoms with E-state index < -0.39 is 0 Å². The van der Waals surface area contributed by atoms with Crippen LogP contribution in [-0.2, 0) is 13.1 Å². The first-order valence-corrected chi connectivity index (χ1v) is 7.25. The maximum Gasteiger partial charge on any atom is 0.122 e. The molecule has 0 bridgehead atoms. The van der Waals surface area contributed by atoms with E-state index in [4.69, 9.17) is 4.42 Å². The van der Waals surface area contributed by atoms with Crippen LogP contribution in [0, 0.1) is 5.92 Å². The number of hydrogen-bond acceptors (Lipinski definition) is 3. The Kier molecular flexibility index (Phi) is 5.26. The third kappa shape index (κ3) is 3.59. The quantitative estimate of drug-likeness (QED) is 0.871. The Balaban J connectivity index is 1.90. The number of rotatable bonds is 5. The predicted octanol–water partition coefficient (Wildman–Crippen LogP) is 3.01. The minimum atomic E-state index is 0.900. The lowest BCUT2D eigenvalue weighted by molar-refractivity contribution is 0.248. The fraction of sp³-hybridized carbons (Fsp3) is 0.733. The van der Waals surface area contributed by atoms with E-state index in [2.05, 4.69) is 23.2 Å². The molecule has 2 rings (SSSR count). The summed E-state index contributed by atoms with van der Waals surface area (Å²) in [4.78, 5) is 2.55. The number of hydrogen-bond donors (Lipinski definition) is 1. The zero-order valence-corrected chi connectivity index (χ0v) is 11.7. The number of furan rings is 1. The van der Waals surface area contributed by atoms with Gasteiger partial charge in [-0.15, -0.1) is 0 Å². The highest BCUT2D eigenvalue weighted by atomic mass is 16.3. The summed E-state index contributed by atoms with van der Waals surface area (Å²) in [5, 5.41) is 3.20. The number of nitrogens with zero attached hydrogens (tertiary/aromatic N) is 1. The summed E-state index contributed by atoms with van der Waals surface area (Å²) >= 11 is 0. The van der Waals surface area contributed by atoms with E-state index in [-0.39, 0.29) is 0 Å². The first-order valence-electron chi connectivity index (χ1n) is 7.25. The van der Waals surface area contributed by atoms with E-state index in [1.165, 1.54) is 44.3 Å². The molecule has 0 saturated carbocycles. The summed E-state index contributed by atoms with van der Waals surface area (Å²) in [5.74, 6) is 2.07. The first-order chi connectivity index (χ1) is 8.83. The fourth-order valence-corrected chi connectivity index (χ4v) is 2.85. The normalized spacial score (nSPS) is 22.0. The summed E-state index contributed by atoms with van der Waals surface area (Å²) in [5.41, 5.74) is 1.30. The molecule has 1 aliphatic rings. The Morgan fingerprint density at radius 1 is 1.39 bits per heavy atom. The van der Waals surface area contributed by atoms with Crippen LogP contribution in [0.15, 0.2) is 16.7 Å². The van der Waals surface area contributed by atoms with Crippen molar-refractivity contribution in [3.05, 3.63) is 23.7 Å². The third-order valence-electron chi connectivity index (χ3n) is 4.09. The van der Waals surface area contributed by atoms with Gasteiger partial charge in [0.1, 0.15) is 5.76 Å². The zero-order valence-electron chi connectivity index (χ0n) is 11.7. The van der Waals surface area contributed by atoms with Crippen molar-refractivity contribution in [2.75, 3.05) is 20.1 Å². The van der Waals surface area contributed by atoms with Crippen molar-refractivity contribution >= 4 is 0 Å². The van der Waals surface area contributed by atoms with Crippen molar-refractivity contribution in [1.82, 2.24) is 10.2 Å². The van der Waals surface area contributed by atoms with Gasteiger partial charge in [0, 0.05) is 12.1 Å². The third-order valence-corrected chi connectivity index (χ3v) is 4.09. The fourth-order valence-electron chi connectivity index (χ4n) is 2.85. The topological polar surface area (TPSA) is 28.4 Å². The molecule has 1 unspecified atom stereocenters. The van der Waals surface area contributed by atoms with Crippen molar-refractivity contribution in [3.63, 3.8) is 0 Å². The average molecular weight is 250 g/mol. The molecule has 1 fully saturated rings. The minimum Gasteiger partial charge on any atom is -0.468 e. The second-order valence-electron chi connectivity index (χ2n) is 5.38. The molecular formula is C15H26N2O. The molecule has 0 aromatic carbocycles. The van der Waals surface area contributed by atoms with Crippen LogP contribution in [0.5, 0.6) is 0 Å². The molecule has 1 aromatic heterocycles. The molecule has 0 aliphatic carbocycles.